The molecule has 1 aliphatic carbocycles. The van der Waals surface area contributed by atoms with Gasteiger partial charge >= 0.3 is 0 Å². The molecule has 2 aromatic rings. The Kier molecular flexibility index (Phi) is 8.37. The van der Waals surface area contributed by atoms with Gasteiger partial charge in [-0.1, -0.05) is 43.9 Å². The number of ether oxygens (including phenoxy) is 1. The van der Waals surface area contributed by atoms with Crippen molar-refractivity contribution in [3.63, 3.8) is 0 Å². The van der Waals surface area contributed by atoms with Gasteiger partial charge in [0.25, 0.3) is 5.91 Å². The number of aryl methyl sites for hydroxylation is 1. The minimum absolute atomic E-state index is 0.0000707. The predicted molar refractivity (Wildman–Crippen MR) is 142 cm³/mol. The zero-order valence-electron chi connectivity index (χ0n) is 21.9. The van der Waals surface area contributed by atoms with Crippen LogP contribution in [0.1, 0.15) is 80.3 Å². The van der Waals surface area contributed by atoms with Crippen molar-refractivity contribution < 1.29 is 14.3 Å². The Morgan fingerprint density at radius 2 is 1.70 bits per heavy atom. The van der Waals surface area contributed by atoms with Crippen molar-refractivity contribution in [3.8, 4) is 5.75 Å². The summed E-state index contributed by atoms with van der Waals surface area (Å²) in [4.78, 5) is 39.3. The van der Waals surface area contributed by atoms with Crippen LogP contribution < -0.4 is 4.74 Å². The van der Waals surface area contributed by atoms with E-state index in [1.165, 1.54) is 24.8 Å². The van der Waals surface area contributed by atoms with E-state index >= 15 is 0 Å². The van der Waals surface area contributed by atoms with E-state index in [4.69, 9.17) is 4.74 Å². The van der Waals surface area contributed by atoms with Gasteiger partial charge in [0.2, 0.25) is 5.91 Å². The quantitative estimate of drug-likeness (QED) is 0.581. The average Bonchev–Trinajstić information content (AvgIpc) is 2.95. The van der Waals surface area contributed by atoms with Gasteiger partial charge in [0.1, 0.15) is 18.1 Å². The maximum Gasteiger partial charge on any atom is 0.274 e. The van der Waals surface area contributed by atoms with Gasteiger partial charge in [-0.15, -0.1) is 0 Å². The van der Waals surface area contributed by atoms with Gasteiger partial charge in [-0.3, -0.25) is 14.6 Å². The Bertz CT molecular complexity index is 1050. The second kappa shape index (κ2) is 12.1. The molecule has 3 heterocycles. The highest BCUT2D eigenvalue weighted by molar-refractivity contribution is 5.92. The molecule has 2 amide bonds. The lowest BCUT2D eigenvalue weighted by atomic mass is 9.73. The molecule has 1 aromatic heterocycles. The van der Waals surface area contributed by atoms with Crippen LogP contribution in [0.2, 0.25) is 0 Å². The lowest BCUT2D eigenvalue weighted by molar-refractivity contribution is -0.139. The number of nitrogens with zero attached hydrogens (tertiary/aromatic N) is 4. The first-order valence-electron chi connectivity index (χ1n) is 14.2. The van der Waals surface area contributed by atoms with E-state index in [0.717, 1.165) is 70.2 Å². The number of aromatic nitrogens is 2. The van der Waals surface area contributed by atoms with Gasteiger partial charge in [-0.05, 0) is 62.0 Å². The SMILES string of the molecule is O=C(c1cnccn1)N1CCOc2ccccc2CCCCC2(CCN(C(=O)C3CCCCC3)CC2)C1. The third-order valence-corrected chi connectivity index (χ3v) is 8.68. The summed E-state index contributed by atoms with van der Waals surface area (Å²) >= 11 is 0. The van der Waals surface area contributed by atoms with E-state index in [9.17, 15) is 9.59 Å². The second-order valence-corrected chi connectivity index (χ2v) is 11.1. The van der Waals surface area contributed by atoms with Crippen molar-refractivity contribution in [3.05, 3.63) is 54.1 Å². The number of fused-ring (bicyclic) bond motifs is 1. The molecule has 198 valence electrons. The van der Waals surface area contributed by atoms with E-state index < -0.39 is 0 Å². The van der Waals surface area contributed by atoms with Crippen LogP contribution in [0.25, 0.3) is 0 Å². The van der Waals surface area contributed by atoms with Crippen molar-refractivity contribution in [1.82, 2.24) is 19.8 Å². The van der Waals surface area contributed by atoms with Crippen molar-refractivity contribution in [1.29, 1.82) is 0 Å². The van der Waals surface area contributed by atoms with Crippen LogP contribution in [0.3, 0.4) is 0 Å². The molecule has 7 nitrogen and oxygen atoms in total. The summed E-state index contributed by atoms with van der Waals surface area (Å²) in [5.41, 5.74) is 1.60. The molecule has 2 fully saturated rings. The van der Waals surface area contributed by atoms with Gasteiger partial charge in [0.05, 0.1) is 12.7 Å². The number of likely N-dealkylation sites (tertiary alicyclic amines) is 1. The highest BCUT2D eigenvalue weighted by Crippen LogP contribution is 2.39. The van der Waals surface area contributed by atoms with Crippen LogP contribution in [0.4, 0.5) is 0 Å². The molecule has 37 heavy (non-hydrogen) atoms. The van der Waals surface area contributed by atoms with Gasteiger partial charge in [0, 0.05) is 37.9 Å². The van der Waals surface area contributed by atoms with E-state index in [-0.39, 0.29) is 17.2 Å². The van der Waals surface area contributed by atoms with Crippen LogP contribution in [0.15, 0.2) is 42.9 Å². The van der Waals surface area contributed by atoms with Crippen molar-refractivity contribution in [2.24, 2.45) is 11.3 Å². The Morgan fingerprint density at radius 3 is 2.49 bits per heavy atom. The molecular weight excluding hydrogens is 464 g/mol. The largest absolute Gasteiger partial charge is 0.491 e. The summed E-state index contributed by atoms with van der Waals surface area (Å²) in [7, 11) is 0. The fourth-order valence-electron chi connectivity index (χ4n) is 6.46. The summed E-state index contributed by atoms with van der Waals surface area (Å²) in [6.07, 6.45) is 16.5. The highest BCUT2D eigenvalue weighted by Gasteiger charge is 2.39. The summed E-state index contributed by atoms with van der Waals surface area (Å²) in [5.74, 6) is 1.40. The van der Waals surface area contributed by atoms with Crippen LogP contribution >= 0.6 is 0 Å². The molecule has 1 aromatic carbocycles. The third-order valence-electron chi connectivity index (χ3n) is 8.68. The Balaban J connectivity index is 1.33. The van der Waals surface area contributed by atoms with E-state index in [2.05, 4.69) is 27.0 Å². The minimum Gasteiger partial charge on any atom is -0.491 e. The van der Waals surface area contributed by atoms with E-state index in [0.29, 0.717) is 31.3 Å². The van der Waals surface area contributed by atoms with Crippen LogP contribution in [0.5, 0.6) is 5.75 Å². The van der Waals surface area contributed by atoms with E-state index in [1.807, 2.05) is 17.0 Å². The molecule has 1 saturated heterocycles. The fourth-order valence-corrected chi connectivity index (χ4v) is 6.46. The summed E-state index contributed by atoms with van der Waals surface area (Å²) in [6, 6.07) is 8.24. The Labute approximate surface area is 220 Å². The smallest absolute Gasteiger partial charge is 0.274 e. The number of hydrogen-bond acceptors (Lipinski definition) is 5. The zero-order chi connectivity index (χ0) is 25.5. The lowest BCUT2D eigenvalue weighted by Crippen LogP contribution is -2.51. The number of piperidine rings is 1. The number of amides is 2. The number of para-hydroxylation sites is 1. The van der Waals surface area contributed by atoms with Gasteiger partial charge < -0.3 is 14.5 Å². The number of benzene rings is 1. The normalized spacial score (nSPS) is 21.3. The van der Waals surface area contributed by atoms with Gasteiger partial charge in [-0.25, -0.2) is 4.98 Å². The first kappa shape index (κ1) is 25.7. The zero-order valence-corrected chi connectivity index (χ0v) is 21.9. The first-order valence-corrected chi connectivity index (χ1v) is 14.2. The van der Waals surface area contributed by atoms with Crippen LogP contribution in [-0.2, 0) is 11.2 Å². The molecule has 3 aliphatic rings. The molecule has 7 heteroatoms. The highest BCUT2D eigenvalue weighted by atomic mass is 16.5. The standard InChI is InChI=1S/C30H40N4O3/c35-28(25-10-2-1-3-11-25)33-18-14-30(15-19-33)13-7-6-9-24-8-4-5-12-27(24)37-21-20-34(23-30)29(36)26-22-31-16-17-32-26/h4-5,8,12,16-17,22,25H,1-3,6-7,9-11,13-15,18-21,23H2. The third kappa shape index (κ3) is 6.31. The first-order chi connectivity index (χ1) is 18.1. The summed E-state index contributed by atoms with van der Waals surface area (Å²) < 4.78 is 6.19. The van der Waals surface area contributed by atoms with Crippen molar-refractivity contribution in [2.45, 2.75) is 70.6 Å². The molecule has 5 rings (SSSR count). The molecule has 0 unspecified atom stereocenters. The van der Waals surface area contributed by atoms with Crippen LogP contribution in [-0.4, -0.2) is 64.4 Å². The molecular formula is C30H40N4O3. The number of hydrogen-bond donors (Lipinski definition) is 0. The maximum atomic E-state index is 13.6. The molecule has 0 atom stereocenters. The summed E-state index contributed by atoms with van der Waals surface area (Å²) in [5, 5.41) is 0. The Hall–Kier alpha value is -2.96. The number of rotatable bonds is 2. The monoisotopic (exact) mass is 504 g/mol. The lowest BCUT2D eigenvalue weighted by Gasteiger charge is -2.45. The van der Waals surface area contributed by atoms with Crippen molar-refractivity contribution in [2.75, 3.05) is 32.8 Å². The number of carbonyl (C=O) groups excluding carboxylic acids is 2. The molecule has 0 N–H and O–H groups in total. The Morgan fingerprint density at radius 1 is 0.892 bits per heavy atom. The van der Waals surface area contributed by atoms with Crippen LogP contribution in [0, 0.1) is 11.3 Å². The number of carbonyl (C=O) groups is 2. The molecule has 2 aliphatic heterocycles. The van der Waals surface area contributed by atoms with Gasteiger partial charge in [-0.2, -0.15) is 0 Å². The molecule has 1 spiro atoms. The minimum atomic E-state index is -0.0952. The average molecular weight is 505 g/mol. The summed E-state index contributed by atoms with van der Waals surface area (Å²) in [6.45, 7) is 3.18. The molecule has 0 radical (unpaired) electrons. The maximum absolute atomic E-state index is 13.6. The topological polar surface area (TPSA) is 75.6 Å². The van der Waals surface area contributed by atoms with Gasteiger partial charge in [0.15, 0.2) is 0 Å². The molecule has 1 saturated carbocycles. The van der Waals surface area contributed by atoms with E-state index in [1.54, 1.807) is 18.6 Å². The van der Waals surface area contributed by atoms with Crippen molar-refractivity contribution >= 4 is 11.8 Å². The predicted octanol–water partition coefficient (Wildman–Crippen LogP) is 4.91. The second-order valence-electron chi connectivity index (χ2n) is 11.1. The fraction of sp³-hybridized carbons (Fsp3) is 0.600. The molecule has 0 bridgehead atoms.